The molecule has 0 radical (unpaired) electrons. The second-order valence-corrected chi connectivity index (χ2v) is 9.05. The van der Waals surface area contributed by atoms with E-state index in [2.05, 4.69) is 39.6 Å². The first-order chi connectivity index (χ1) is 9.66. The van der Waals surface area contributed by atoms with Crippen molar-refractivity contribution in [2.24, 2.45) is 0 Å². The van der Waals surface area contributed by atoms with Gasteiger partial charge in [-0.15, -0.1) is 0 Å². The maximum absolute atomic E-state index is 12.8. The third-order valence-corrected chi connectivity index (χ3v) is 4.94. The average Bonchev–Trinajstić information content (AvgIpc) is 2.35. The molecule has 2 rings (SSSR count). The largest absolute Gasteiger partial charge is 0.336 e. The molecule has 3 nitrogen and oxygen atoms in total. The highest BCUT2D eigenvalue weighted by Gasteiger charge is 2.28. The SMILES string of the molecule is CC1CN(C(=O)c2cc(Cl)nc(C(C)(C)C)c2)CC(C)S1. The lowest BCUT2D eigenvalue weighted by atomic mass is 9.90. The number of halogens is 1. The summed E-state index contributed by atoms with van der Waals surface area (Å²) in [5.74, 6) is 0.0591. The van der Waals surface area contributed by atoms with Crippen molar-refractivity contribution >= 4 is 29.3 Å². The van der Waals surface area contributed by atoms with E-state index in [-0.39, 0.29) is 11.3 Å². The summed E-state index contributed by atoms with van der Waals surface area (Å²) in [6.07, 6.45) is 0. The van der Waals surface area contributed by atoms with Crippen LogP contribution < -0.4 is 0 Å². The fourth-order valence-corrected chi connectivity index (χ4v) is 4.06. The smallest absolute Gasteiger partial charge is 0.254 e. The molecule has 21 heavy (non-hydrogen) atoms. The van der Waals surface area contributed by atoms with Crippen LogP contribution in [0.1, 0.15) is 50.7 Å². The zero-order valence-electron chi connectivity index (χ0n) is 13.3. The lowest BCUT2D eigenvalue weighted by molar-refractivity contribution is 0.0753. The van der Waals surface area contributed by atoms with E-state index in [1.165, 1.54) is 0 Å². The molecule has 1 aromatic rings. The third-order valence-electron chi connectivity index (χ3n) is 3.52. The number of thioether (sulfide) groups is 1. The van der Waals surface area contributed by atoms with Crippen LogP contribution >= 0.6 is 23.4 Å². The highest BCUT2D eigenvalue weighted by Crippen LogP contribution is 2.28. The summed E-state index contributed by atoms with van der Waals surface area (Å²) in [5.41, 5.74) is 1.37. The first-order valence-electron chi connectivity index (χ1n) is 7.29. The summed E-state index contributed by atoms with van der Waals surface area (Å²) >= 11 is 8.05. The van der Waals surface area contributed by atoms with Gasteiger partial charge in [-0.1, -0.05) is 46.2 Å². The molecular weight excluding hydrogens is 304 g/mol. The number of carbonyl (C=O) groups is 1. The van der Waals surface area contributed by atoms with E-state index < -0.39 is 0 Å². The van der Waals surface area contributed by atoms with E-state index in [0.29, 0.717) is 21.2 Å². The average molecular weight is 327 g/mol. The van der Waals surface area contributed by atoms with Crippen molar-refractivity contribution in [3.05, 3.63) is 28.5 Å². The Morgan fingerprint density at radius 2 is 1.86 bits per heavy atom. The summed E-state index contributed by atoms with van der Waals surface area (Å²) in [5, 5.41) is 1.33. The number of aromatic nitrogens is 1. The predicted molar refractivity (Wildman–Crippen MR) is 90.4 cm³/mol. The van der Waals surface area contributed by atoms with Crippen LogP contribution in [0.4, 0.5) is 0 Å². The Morgan fingerprint density at radius 1 is 1.29 bits per heavy atom. The van der Waals surface area contributed by atoms with Gasteiger partial charge in [-0.3, -0.25) is 4.79 Å². The molecular formula is C16H23ClN2OS. The Labute approximate surface area is 136 Å². The van der Waals surface area contributed by atoms with Gasteiger partial charge in [0.05, 0.1) is 0 Å². The molecule has 116 valence electrons. The summed E-state index contributed by atoms with van der Waals surface area (Å²) in [4.78, 5) is 19.0. The maximum atomic E-state index is 12.8. The minimum absolute atomic E-state index is 0.0591. The van der Waals surface area contributed by atoms with E-state index in [1.54, 1.807) is 6.07 Å². The zero-order valence-corrected chi connectivity index (χ0v) is 14.9. The van der Waals surface area contributed by atoms with Crippen LogP contribution in [0, 0.1) is 0 Å². The van der Waals surface area contributed by atoms with E-state index in [0.717, 1.165) is 18.8 Å². The summed E-state index contributed by atoms with van der Waals surface area (Å²) in [6, 6.07) is 3.56. The van der Waals surface area contributed by atoms with Gasteiger partial charge in [0.1, 0.15) is 5.15 Å². The van der Waals surface area contributed by atoms with Gasteiger partial charge in [0.2, 0.25) is 0 Å². The molecule has 2 heterocycles. The van der Waals surface area contributed by atoms with Crippen molar-refractivity contribution in [3.8, 4) is 0 Å². The van der Waals surface area contributed by atoms with Crippen molar-refractivity contribution in [2.75, 3.05) is 13.1 Å². The lowest BCUT2D eigenvalue weighted by Crippen LogP contribution is -2.44. The summed E-state index contributed by atoms with van der Waals surface area (Å²) in [6.45, 7) is 12.1. The number of rotatable bonds is 1. The number of nitrogens with zero attached hydrogens (tertiary/aromatic N) is 2. The van der Waals surface area contributed by atoms with E-state index in [1.807, 2.05) is 22.7 Å². The zero-order chi connectivity index (χ0) is 15.8. The second kappa shape index (κ2) is 6.17. The van der Waals surface area contributed by atoms with Crippen LogP contribution in [0.15, 0.2) is 12.1 Å². The Balaban J connectivity index is 2.29. The summed E-state index contributed by atoms with van der Waals surface area (Å²) < 4.78 is 0. The minimum Gasteiger partial charge on any atom is -0.336 e. The van der Waals surface area contributed by atoms with Gasteiger partial charge in [-0.05, 0) is 12.1 Å². The van der Waals surface area contributed by atoms with Gasteiger partial charge in [0, 0.05) is 40.3 Å². The molecule has 1 fully saturated rings. The number of hydrogen-bond donors (Lipinski definition) is 0. The van der Waals surface area contributed by atoms with Crippen LogP contribution in [0.5, 0.6) is 0 Å². The van der Waals surface area contributed by atoms with E-state index in [4.69, 9.17) is 11.6 Å². The molecule has 1 saturated heterocycles. The molecule has 0 bridgehead atoms. The van der Waals surface area contributed by atoms with Gasteiger partial charge >= 0.3 is 0 Å². The van der Waals surface area contributed by atoms with Crippen LogP contribution in [0.25, 0.3) is 0 Å². The highest BCUT2D eigenvalue weighted by atomic mass is 35.5. The van der Waals surface area contributed by atoms with E-state index >= 15 is 0 Å². The van der Waals surface area contributed by atoms with Crippen molar-refractivity contribution in [1.29, 1.82) is 0 Å². The molecule has 1 aromatic heterocycles. The quantitative estimate of drug-likeness (QED) is 0.731. The van der Waals surface area contributed by atoms with Crippen molar-refractivity contribution in [2.45, 2.75) is 50.5 Å². The summed E-state index contributed by atoms with van der Waals surface area (Å²) in [7, 11) is 0. The van der Waals surface area contributed by atoms with Crippen LogP contribution in [0.2, 0.25) is 5.15 Å². The Morgan fingerprint density at radius 3 is 2.38 bits per heavy atom. The van der Waals surface area contributed by atoms with E-state index in [9.17, 15) is 4.79 Å². The van der Waals surface area contributed by atoms with Gasteiger partial charge in [0.15, 0.2) is 0 Å². The molecule has 1 aliphatic heterocycles. The number of pyridine rings is 1. The molecule has 0 saturated carbocycles. The standard InChI is InChI=1S/C16H23ClN2OS/c1-10-8-19(9-11(2)21-10)15(20)12-6-13(16(3,4)5)18-14(17)7-12/h6-7,10-11H,8-9H2,1-5H3. The number of hydrogen-bond acceptors (Lipinski definition) is 3. The molecule has 0 spiro atoms. The molecule has 0 aliphatic carbocycles. The monoisotopic (exact) mass is 326 g/mol. The van der Waals surface area contributed by atoms with Crippen LogP contribution in [-0.2, 0) is 5.41 Å². The maximum Gasteiger partial charge on any atom is 0.254 e. The molecule has 2 unspecified atom stereocenters. The molecule has 2 atom stereocenters. The van der Waals surface area contributed by atoms with Crippen molar-refractivity contribution in [1.82, 2.24) is 9.88 Å². The Kier molecular flexibility index (Phi) is 4.89. The second-order valence-electron chi connectivity index (χ2n) is 6.78. The van der Waals surface area contributed by atoms with Gasteiger partial charge in [-0.2, -0.15) is 11.8 Å². The van der Waals surface area contributed by atoms with Crippen molar-refractivity contribution in [3.63, 3.8) is 0 Å². The molecule has 1 amide bonds. The topological polar surface area (TPSA) is 33.2 Å². The minimum atomic E-state index is -0.127. The first kappa shape index (κ1) is 16.6. The fraction of sp³-hybridized carbons (Fsp3) is 0.625. The normalized spacial score (nSPS) is 23.2. The fourth-order valence-electron chi connectivity index (χ4n) is 2.53. The lowest BCUT2D eigenvalue weighted by Gasteiger charge is -2.34. The van der Waals surface area contributed by atoms with Gasteiger partial charge in [-0.25, -0.2) is 4.98 Å². The Hall–Kier alpha value is -0.740. The Bertz CT molecular complexity index is 532. The highest BCUT2D eigenvalue weighted by molar-refractivity contribution is 8.00. The van der Waals surface area contributed by atoms with Gasteiger partial charge in [0.25, 0.3) is 5.91 Å². The molecule has 1 aliphatic rings. The van der Waals surface area contributed by atoms with Crippen LogP contribution in [0.3, 0.4) is 0 Å². The molecule has 0 N–H and O–H groups in total. The molecule has 5 heteroatoms. The number of carbonyl (C=O) groups excluding carboxylic acids is 1. The predicted octanol–water partition coefficient (Wildman–Crippen LogP) is 4.00. The van der Waals surface area contributed by atoms with Crippen molar-refractivity contribution < 1.29 is 4.79 Å². The van der Waals surface area contributed by atoms with Crippen LogP contribution in [-0.4, -0.2) is 39.4 Å². The first-order valence-corrected chi connectivity index (χ1v) is 8.61. The van der Waals surface area contributed by atoms with Gasteiger partial charge < -0.3 is 4.90 Å². The third kappa shape index (κ3) is 4.13. The number of amides is 1. The molecule has 0 aromatic carbocycles.